The van der Waals surface area contributed by atoms with Crippen LogP contribution in [0.3, 0.4) is 0 Å². The van der Waals surface area contributed by atoms with E-state index in [9.17, 15) is 9.59 Å². The molecule has 0 bridgehead atoms. The number of halogens is 1. The molecule has 1 fully saturated rings. The Hall–Kier alpha value is -0.880. The number of nitrogens with zero attached hydrogens (tertiary/aromatic N) is 1. The number of thiophene rings is 1. The summed E-state index contributed by atoms with van der Waals surface area (Å²) in [6.45, 7) is 4.70. The van der Waals surface area contributed by atoms with Gasteiger partial charge in [0, 0.05) is 6.54 Å². The molecule has 0 N–H and O–H groups in total. The van der Waals surface area contributed by atoms with Gasteiger partial charge in [-0.15, -0.1) is 11.3 Å². The highest BCUT2D eigenvalue weighted by Gasteiger charge is 2.36. The minimum atomic E-state index is -0.423. The second kappa shape index (κ2) is 6.05. The predicted molar refractivity (Wildman–Crippen MR) is 77.4 cm³/mol. The van der Waals surface area contributed by atoms with Gasteiger partial charge < -0.3 is 9.64 Å². The van der Waals surface area contributed by atoms with Gasteiger partial charge in [-0.25, -0.2) is 4.79 Å². The summed E-state index contributed by atoms with van der Waals surface area (Å²) in [4.78, 5) is 26.6. The molecule has 2 heterocycles. The highest BCUT2D eigenvalue weighted by atomic mass is 79.9. The molecular formula is C13H16BrNO3S. The van der Waals surface area contributed by atoms with Crippen molar-refractivity contribution < 1.29 is 14.3 Å². The summed E-state index contributed by atoms with van der Waals surface area (Å²) in [7, 11) is 0. The predicted octanol–water partition coefficient (Wildman–Crippen LogP) is 2.99. The van der Waals surface area contributed by atoms with Gasteiger partial charge in [0.1, 0.15) is 6.04 Å². The van der Waals surface area contributed by atoms with Crippen LogP contribution in [0.4, 0.5) is 0 Å². The zero-order valence-corrected chi connectivity index (χ0v) is 13.3. The molecule has 1 saturated heterocycles. The number of amides is 1. The number of carbonyl (C=O) groups is 2. The quantitative estimate of drug-likeness (QED) is 0.791. The summed E-state index contributed by atoms with van der Waals surface area (Å²) in [6, 6.07) is 1.44. The van der Waals surface area contributed by atoms with Crippen molar-refractivity contribution in [1.29, 1.82) is 0 Å². The summed E-state index contributed by atoms with van der Waals surface area (Å²) in [5.74, 6) is -0.366. The van der Waals surface area contributed by atoms with Crippen LogP contribution in [0, 0.1) is 6.92 Å². The highest BCUT2D eigenvalue weighted by Crippen LogP contribution is 2.30. The van der Waals surface area contributed by atoms with Gasteiger partial charge in [-0.3, -0.25) is 4.79 Å². The van der Waals surface area contributed by atoms with Crippen LogP contribution in [-0.4, -0.2) is 36.0 Å². The largest absolute Gasteiger partial charge is 0.464 e. The molecule has 4 nitrogen and oxygen atoms in total. The van der Waals surface area contributed by atoms with Crippen LogP contribution >= 0.6 is 27.3 Å². The second-order valence-electron chi connectivity index (χ2n) is 4.48. The van der Waals surface area contributed by atoms with Gasteiger partial charge in [0.25, 0.3) is 5.91 Å². The van der Waals surface area contributed by atoms with E-state index in [1.54, 1.807) is 11.8 Å². The first kappa shape index (κ1) is 14.5. The van der Waals surface area contributed by atoms with Crippen LogP contribution < -0.4 is 0 Å². The molecule has 1 aliphatic heterocycles. The Morgan fingerprint density at radius 3 is 2.89 bits per heavy atom. The topological polar surface area (TPSA) is 46.6 Å². The van der Waals surface area contributed by atoms with Crippen molar-refractivity contribution in [1.82, 2.24) is 4.90 Å². The van der Waals surface area contributed by atoms with Crippen LogP contribution in [0.5, 0.6) is 0 Å². The third-order valence-electron chi connectivity index (χ3n) is 3.14. The molecule has 19 heavy (non-hydrogen) atoms. The van der Waals surface area contributed by atoms with Gasteiger partial charge in [-0.2, -0.15) is 0 Å². The molecular weight excluding hydrogens is 330 g/mol. The third kappa shape index (κ3) is 3.00. The number of aryl methyl sites for hydroxylation is 1. The van der Waals surface area contributed by atoms with E-state index in [1.165, 1.54) is 11.3 Å². The molecule has 1 aromatic rings. The first-order valence-electron chi connectivity index (χ1n) is 6.28. The summed E-state index contributed by atoms with van der Waals surface area (Å²) < 4.78 is 5.99. The summed E-state index contributed by atoms with van der Waals surface area (Å²) in [5.41, 5.74) is 1.04. The maximum Gasteiger partial charge on any atom is 0.328 e. The van der Waals surface area contributed by atoms with Gasteiger partial charge in [0.2, 0.25) is 0 Å². The number of esters is 1. The van der Waals surface area contributed by atoms with Gasteiger partial charge >= 0.3 is 5.97 Å². The molecule has 0 radical (unpaired) electrons. The van der Waals surface area contributed by atoms with Crippen LogP contribution in [0.2, 0.25) is 0 Å². The first-order chi connectivity index (χ1) is 9.04. The smallest absolute Gasteiger partial charge is 0.328 e. The van der Waals surface area contributed by atoms with Crippen molar-refractivity contribution in [2.75, 3.05) is 13.2 Å². The summed E-state index contributed by atoms with van der Waals surface area (Å²) >= 11 is 4.83. The molecule has 1 unspecified atom stereocenters. The minimum Gasteiger partial charge on any atom is -0.464 e. The zero-order chi connectivity index (χ0) is 14.0. The average Bonchev–Trinajstić information content (AvgIpc) is 2.97. The Bertz CT molecular complexity index is 481. The molecule has 0 spiro atoms. The molecule has 1 aliphatic rings. The van der Waals surface area contributed by atoms with E-state index in [0.29, 0.717) is 24.4 Å². The van der Waals surface area contributed by atoms with E-state index in [2.05, 4.69) is 15.9 Å². The maximum atomic E-state index is 12.4. The van der Waals surface area contributed by atoms with Crippen LogP contribution in [-0.2, 0) is 9.53 Å². The van der Waals surface area contributed by atoms with Crippen molar-refractivity contribution in [3.05, 3.63) is 20.3 Å². The average molecular weight is 346 g/mol. The second-order valence-corrected chi connectivity index (χ2v) is 6.85. The molecule has 1 amide bonds. The molecule has 6 heteroatoms. The van der Waals surface area contributed by atoms with Crippen molar-refractivity contribution in [2.45, 2.75) is 32.7 Å². The molecule has 0 aromatic carbocycles. The lowest BCUT2D eigenvalue weighted by atomic mass is 10.2. The number of carbonyl (C=O) groups excluding carboxylic acids is 2. The highest BCUT2D eigenvalue weighted by molar-refractivity contribution is 9.11. The van der Waals surface area contributed by atoms with E-state index in [-0.39, 0.29) is 11.9 Å². The Labute approximate surface area is 124 Å². The van der Waals surface area contributed by atoms with Crippen LogP contribution in [0.25, 0.3) is 0 Å². The molecule has 104 valence electrons. The van der Waals surface area contributed by atoms with Gasteiger partial charge in [-0.05, 0) is 54.2 Å². The maximum absolute atomic E-state index is 12.4. The number of hydrogen-bond donors (Lipinski definition) is 0. The van der Waals surface area contributed by atoms with Crippen molar-refractivity contribution in [3.63, 3.8) is 0 Å². The number of rotatable bonds is 3. The van der Waals surface area contributed by atoms with Crippen LogP contribution in [0.15, 0.2) is 9.85 Å². The number of ether oxygens (including phenoxy) is 1. The Kier molecular flexibility index (Phi) is 4.62. The van der Waals surface area contributed by atoms with Crippen molar-refractivity contribution >= 4 is 39.1 Å². The molecule has 1 atom stereocenters. The van der Waals surface area contributed by atoms with Crippen LogP contribution in [0.1, 0.15) is 35.0 Å². The van der Waals surface area contributed by atoms with E-state index >= 15 is 0 Å². The fourth-order valence-electron chi connectivity index (χ4n) is 2.20. The fourth-order valence-corrected chi connectivity index (χ4v) is 3.69. The van der Waals surface area contributed by atoms with Gasteiger partial charge in [0.15, 0.2) is 0 Å². The van der Waals surface area contributed by atoms with Crippen molar-refractivity contribution in [3.8, 4) is 0 Å². The fraction of sp³-hybridized carbons (Fsp3) is 0.538. The van der Waals surface area contributed by atoms with E-state index < -0.39 is 6.04 Å². The Balaban J connectivity index is 2.15. The van der Waals surface area contributed by atoms with Crippen molar-refractivity contribution in [2.24, 2.45) is 0 Å². The monoisotopic (exact) mass is 345 g/mol. The molecule has 2 rings (SSSR count). The lowest BCUT2D eigenvalue weighted by molar-refractivity contribution is -0.147. The number of likely N-dealkylation sites (tertiary alicyclic amines) is 1. The minimum absolute atomic E-state index is 0.0747. The summed E-state index contributed by atoms with van der Waals surface area (Å²) in [5, 5.41) is 0. The summed E-state index contributed by atoms with van der Waals surface area (Å²) in [6.07, 6.45) is 1.54. The Morgan fingerprint density at radius 1 is 1.58 bits per heavy atom. The Morgan fingerprint density at radius 2 is 2.32 bits per heavy atom. The molecule has 1 aromatic heterocycles. The van der Waals surface area contributed by atoms with Gasteiger partial charge in [0.05, 0.1) is 15.3 Å². The zero-order valence-electron chi connectivity index (χ0n) is 10.9. The first-order valence-corrected chi connectivity index (χ1v) is 7.89. The molecule has 0 saturated carbocycles. The lowest BCUT2D eigenvalue weighted by Gasteiger charge is -2.22. The lowest BCUT2D eigenvalue weighted by Crippen LogP contribution is -2.41. The third-order valence-corrected chi connectivity index (χ3v) is 5.26. The molecule has 0 aliphatic carbocycles. The normalized spacial score (nSPS) is 18.7. The SMILES string of the molecule is CCOC(=O)C1CCCN1C(=O)c1cc(C)c(Br)s1. The standard InChI is InChI=1S/C13H16BrNO3S/c1-3-18-13(17)9-5-4-6-15(9)12(16)10-7-8(2)11(14)19-10/h7,9H,3-6H2,1-2H3. The van der Waals surface area contributed by atoms with E-state index in [4.69, 9.17) is 4.74 Å². The van der Waals surface area contributed by atoms with E-state index in [1.807, 2.05) is 13.0 Å². The number of hydrogen-bond acceptors (Lipinski definition) is 4. The van der Waals surface area contributed by atoms with E-state index in [0.717, 1.165) is 15.8 Å². The van der Waals surface area contributed by atoms with Gasteiger partial charge in [-0.1, -0.05) is 0 Å².